The number of nitrogens with two attached hydrogens (primary N) is 1. The van der Waals surface area contributed by atoms with E-state index in [-0.39, 0.29) is 0 Å². The van der Waals surface area contributed by atoms with Crippen molar-refractivity contribution in [2.45, 2.75) is 34.1 Å². The predicted molar refractivity (Wildman–Crippen MR) is 72.2 cm³/mol. The Bertz CT molecular complexity index is 329. The number of aromatic nitrogens is 2. The van der Waals surface area contributed by atoms with Gasteiger partial charge in [0.15, 0.2) is 0 Å². The van der Waals surface area contributed by atoms with E-state index in [9.17, 15) is 0 Å². The van der Waals surface area contributed by atoms with Gasteiger partial charge in [-0.2, -0.15) is 0 Å². The van der Waals surface area contributed by atoms with Crippen LogP contribution in [0.5, 0.6) is 0 Å². The molecule has 1 rings (SSSR count). The van der Waals surface area contributed by atoms with E-state index >= 15 is 0 Å². The molecule has 96 valence electrons. The van der Waals surface area contributed by atoms with Crippen molar-refractivity contribution >= 4 is 5.82 Å². The molecule has 0 fully saturated rings. The number of nitrogens with zero attached hydrogens (tertiary/aromatic N) is 3. The third-order valence-electron chi connectivity index (χ3n) is 2.49. The lowest BCUT2D eigenvalue weighted by molar-refractivity contribution is 0.595. The Labute approximate surface area is 104 Å². The van der Waals surface area contributed by atoms with Crippen LogP contribution in [0.1, 0.15) is 31.8 Å². The maximum atomic E-state index is 5.59. The van der Waals surface area contributed by atoms with Crippen LogP contribution in [0.2, 0.25) is 0 Å². The first kappa shape index (κ1) is 13.9. The summed E-state index contributed by atoms with van der Waals surface area (Å²) in [6.45, 7) is 11.1. The van der Waals surface area contributed by atoms with Crippen LogP contribution in [0.3, 0.4) is 0 Å². The van der Waals surface area contributed by atoms with Crippen LogP contribution < -0.4 is 10.6 Å². The highest BCUT2D eigenvalue weighted by atomic mass is 15.2. The standard InChI is InChI=1S/C13H24N4/c1-10(2)9-17(7-5-6-14)13-8-11(3)15-12(4)16-13/h8,10H,5-7,9,14H2,1-4H3. The molecule has 17 heavy (non-hydrogen) atoms. The summed E-state index contributed by atoms with van der Waals surface area (Å²) in [6.07, 6.45) is 0.995. The van der Waals surface area contributed by atoms with Gasteiger partial charge in [0.05, 0.1) is 0 Å². The van der Waals surface area contributed by atoms with Gasteiger partial charge >= 0.3 is 0 Å². The Morgan fingerprint density at radius 2 is 2.00 bits per heavy atom. The number of aryl methyl sites for hydroxylation is 2. The number of hydrogen-bond acceptors (Lipinski definition) is 4. The molecule has 0 saturated carbocycles. The zero-order valence-electron chi connectivity index (χ0n) is 11.4. The van der Waals surface area contributed by atoms with E-state index < -0.39 is 0 Å². The summed E-state index contributed by atoms with van der Waals surface area (Å²) in [6, 6.07) is 2.05. The lowest BCUT2D eigenvalue weighted by Gasteiger charge is -2.25. The summed E-state index contributed by atoms with van der Waals surface area (Å²) in [5.41, 5.74) is 6.61. The first-order chi connectivity index (χ1) is 8.02. The van der Waals surface area contributed by atoms with Gasteiger partial charge in [0.2, 0.25) is 0 Å². The molecule has 0 atom stereocenters. The Morgan fingerprint density at radius 3 is 2.53 bits per heavy atom. The minimum Gasteiger partial charge on any atom is -0.356 e. The zero-order valence-corrected chi connectivity index (χ0v) is 11.4. The zero-order chi connectivity index (χ0) is 12.8. The molecule has 0 bridgehead atoms. The van der Waals surface area contributed by atoms with Gasteiger partial charge in [-0.3, -0.25) is 0 Å². The Kier molecular flexibility index (Phi) is 5.35. The van der Waals surface area contributed by atoms with Crippen LogP contribution in [0.4, 0.5) is 5.82 Å². The van der Waals surface area contributed by atoms with Crippen LogP contribution in [0.25, 0.3) is 0 Å². The molecule has 0 aromatic carbocycles. The highest BCUT2D eigenvalue weighted by Gasteiger charge is 2.10. The SMILES string of the molecule is Cc1cc(N(CCCN)CC(C)C)nc(C)n1. The Balaban J connectivity index is 2.86. The summed E-state index contributed by atoms with van der Waals surface area (Å²) >= 11 is 0. The monoisotopic (exact) mass is 236 g/mol. The van der Waals surface area contributed by atoms with Gasteiger partial charge < -0.3 is 10.6 Å². The van der Waals surface area contributed by atoms with E-state index in [0.717, 1.165) is 43.4 Å². The third-order valence-corrected chi connectivity index (χ3v) is 2.49. The van der Waals surface area contributed by atoms with Gasteiger partial charge in [-0.1, -0.05) is 13.8 Å². The fourth-order valence-electron chi connectivity index (χ4n) is 1.88. The summed E-state index contributed by atoms with van der Waals surface area (Å²) in [4.78, 5) is 11.1. The van der Waals surface area contributed by atoms with Crippen molar-refractivity contribution in [3.05, 3.63) is 17.6 Å². The Morgan fingerprint density at radius 1 is 1.29 bits per heavy atom. The molecule has 0 spiro atoms. The largest absolute Gasteiger partial charge is 0.356 e. The molecule has 1 aromatic heterocycles. The average molecular weight is 236 g/mol. The summed E-state index contributed by atoms with van der Waals surface area (Å²) in [5.74, 6) is 2.47. The third kappa shape index (κ3) is 4.69. The van der Waals surface area contributed by atoms with Crippen molar-refractivity contribution < 1.29 is 0 Å². The number of rotatable bonds is 6. The van der Waals surface area contributed by atoms with Gasteiger partial charge in [0.1, 0.15) is 11.6 Å². The topological polar surface area (TPSA) is 55.0 Å². The first-order valence-corrected chi connectivity index (χ1v) is 6.30. The maximum Gasteiger partial charge on any atom is 0.132 e. The van der Waals surface area contributed by atoms with Crippen LogP contribution in [-0.2, 0) is 0 Å². The van der Waals surface area contributed by atoms with E-state index in [1.54, 1.807) is 0 Å². The van der Waals surface area contributed by atoms with Gasteiger partial charge in [0.25, 0.3) is 0 Å². The molecule has 4 heteroatoms. The summed E-state index contributed by atoms with van der Waals surface area (Å²) in [5, 5.41) is 0. The molecule has 0 aliphatic heterocycles. The van der Waals surface area contributed by atoms with E-state index in [2.05, 4.69) is 28.7 Å². The molecule has 0 amide bonds. The summed E-state index contributed by atoms with van der Waals surface area (Å²) < 4.78 is 0. The number of anilines is 1. The molecule has 0 unspecified atom stereocenters. The van der Waals surface area contributed by atoms with Crippen molar-refractivity contribution in [3.8, 4) is 0 Å². The van der Waals surface area contributed by atoms with Gasteiger partial charge in [-0.25, -0.2) is 9.97 Å². The van der Waals surface area contributed by atoms with Crippen molar-refractivity contribution in [2.75, 3.05) is 24.5 Å². The Hall–Kier alpha value is -1.16. The van der Waals surface area contributed by atoms with Crippen molar-refractivity contribution in [1.29, 1.82) is 0 Å². The van der Waals surface area contributed by atoms with Gasteiger partial charge in [-0.15, -0.1) is 0 Å². The number of hydrogen-bond donors (Lipinski definition) is 1. The maximum absolute atomic E-state index is 5.59. The lowest BCUT2D eigenvalue weighted by atomic mass is 10.2. The minimum absolute atomic E-state index is 0.614. The molecular weight excluding hydrogens is 212 g/mol. The van der Waals surface area contributed by atoms with Gasteiger partial charge in [0, 0.05) is 24.8 Å². The molecule has 2 N–H and O–H groups in total. The van der Waals surface area contributed by atoms with E-state index in [1.165, 1.54) is 0 Å². The fraction of sp³-hybridized carbons (Fsp3) is 0.692. The molecule has 0 aliphatic carbocycles. The van der Waals surface area contributed by atoms with E-state index in [4.69, 9.17) is 5.73 Å². The normalized spacial score (nSPS) is 10.9. The highest BCUT2D eigenvalue weighted by molar-refractivity contribution is 5.39. The molecular formula is C13H24N4. The van der Waals surface area contributed by atoms with Crippen molar-refractivity contribution in [2.24, 2.45) is 11.7 Å². The molecule has 4 nitrogen and oxygen atoms in total. The summed E-state index contributed by atoms with van der Waals surface area (Å²) in [7, 11) is 0. The second-order valence-electron chi connectivity index (χ2n) is 4.90. The van der Waals surface area contributed by atoms with Crippen LogP contribution in [0, 0.1) is 19.8 Å². The second kappa shape index (κ2) is 6.55. The average Bonchev–Trinajstić information content (AvgIpc) is 2.22. The first-order valence-electron chi connectivity index (χ1n) is 6.30. The minimum atomic E-state index is 0.614. The molecule has 0 aliphatic rings. The fourth-order valence-corrected chi connectivity index (χ4v) is 1.88. The molecule has 0 saturated heterocycles. The quantitative estimate of drug-likeness (QED) is 0.819. The molecule has 1 aromatic rings. The smallest absolute Gasteiger partial charge is 0.132 e. The van der Waals surface area contributed by atoms with E-state index in [1.807, 2.05) is 19.9 Å². The van der Waals surface area contributed by atoms with E-state index in [0.29, 0.717) is 5.92 Å². The second-order valence-corrected chi connectivity index (χ2v) is 4.90. The predicted octanol–water partition coefficient (Wildman–Crippen LogP) is 1.90. The molecule has 0 radical (unpaired) electrons. The van der Waals surface area contributed by atoms with Gasteiger partial charge in [-0.05, 0) is 32.7 Å². The highest BCUT2D eigenvalue weighted by Crippen LogP contribution is 2.14. The van der Waals surface area contributed by atoms with Crippen molar-refractivity contribution in [3.63, 3.8) is 0 Å². The van der Waals surface area contributed by atoms with Crippen LogP contribution in [0.15, 0.2) is 6.07 Å². The van der Waals surface area contributed by atoms with Crippen molar-refractivity contribution in [1.82, 2.24) is 9.97 Å². The lowest BCUT2D eigenvalue weighted by Crippen LogP contribution is -2.31. The molecule has 1 heterocycles. The van der Waals surface area contributed by atoms with Crippen LogP contribution >= 0.6 is 0 Å². The van der Waals surface area contributed by atoms with Crippen LogP contribution in [-0.4, -0.2) is 29.6 Å².